The van der Waals surface area contributed by atoms with Gasteiger partial charge in [0.2, 0.25) is 5.78 Å². The van der Waals surface area contributed by atoms with Crippen LogP contribution in [0.3, 0.4) is 0 Å². The number of carboxylic acids is 2. The van der Waals surface area contributed by atoms with Crippen molar-refractivity contribution in [2.45, 2.75) is 13.5 Å². The number of Topliss-reactive ketones (excluding diaryl/α,β-unsaturated/α-hetero) is 1. The van der Waals surface area contributed by atoms with Crippen molar-refractivity contribution in [1.29, 1.82) is 0 Å². The second kappa shape index (κ2) is 11.2. The third kappa shape index (κ3) is 7.47. The maximum absolute atomic E-state index is 11.7. The van der Waals surface area contributed by atoms with E-state index >= 15 is 0 Å². The summed E-state index contributed by atoms with van der Waals surface area (Å²) in [7, 11) is 0. The van der Waals surface area contributed by atoms with Gasteiger partial charge in [0.25, 0.3) is 0 Å². The number of carbonyl (C=O) groups is 3. The second-order valence-electron chi connectivity index (χ2n) is 6.03. The third-order valence-corrected chi connectivity index (χ3v) is 4.89. The van der Waals surface area contributed by atoms with Gasteiger partial charge < -0.3 is 20.1 Å². The number of ketones is 1. The molecular weight excluding hydrogens is 523 g/mol. The van der Waals surface area contributed by atoms with Crippen LogP contribution < -0.4 is 34.7 Å². The second-order valence-corrected chi connectivity index (χ2v) is 7.74. The van der Waals surface area contributed by atoms with Crippen molar-refractivity contribution in [3.63, 3.8) is 0 Å². The van der Waals surface area contributed by atoms with Gasteiger partial charge in [-0.3, -0.25) is 14.5 Å². The zero-order chi connectivity index (χ0) is 21.0. The fourth-order valence-corrected chi connectivity index (χ4v) is 3.72. The molecule has 0 bridgehead atoms. The smallest absolute Gasteiger partial charge is 0.549 e. The third-order valence-electron chi connectivity index (χ3n) is 3.71. The van der Waals surface area contributed by atoms with E-state index in [1.807, 2.05) is 0 Å². The summed E-state index contributed by atoms with van der Waals surface area (Å²) in [5, 5.41) is 30.1. The maximum Gasteiger partial charge on any atom is 1.00 e. The molecule has 1 aliphatic carbocycles. The van der Waals surface area contributed by atoms with Gasteiger partial charge >= 0.3 is 35.5 Å². The number of halogens is 2. The van der Waals surface area contributed by atoms with Crippen LogP contribution in [-0.4, -0.2) is 51.6 Å². The molecule has 11 heteroatoms. The predicted octanol–water partition coefficient (Wildman–Crippen LogP) is -1.45. The first kappa shape index (κ1) is 25.7. The number of phenolic OH excluding ortho intramolecular Hbond substituents is 1. The van der Waals surface area contributed by atoms with Crippen molar-refractivity contribution in [3.8, 4) is 5.75 Å². The van der Waals surface area contributed by atoms with Crippen LogP contribution in [0.5, 0.6) is 5.75 Å². The Bertz CT molecular complexity index is 903. The van der Waals surface area contributed by atoms with E-state index < -0.39 is 25.0 Å². The van der Waals surface area contributed by atoms with Crippen molar-refractivity contribution in [3.05, 3.63) is 44.4 Å². The van der Waals surface area contributed by atoms with Gasteiger partial charge in [-0.1, -0.05) is 0 Å². The zero-order valence-electron chi connectivity index (χ0n) is 15.6. The normalized spacial score (nSPS) is 13.5. The van der Waals surface area contributed by atoms with Crippen molar-refractivity contribution >= 4 is 61.0 Å². The quantitative estimate of drug-likeness (QED) is 0.321. The van der Waals surface area contributed by atoms with Crippen molar-refractivity contribution in [1.82, 2.24) is 4.90 Å². The monoisotopic (exact) mass is 536 g/mol. The Labute approximate surface area is 205 Å². The van der Waals surface area contributed by atoms with Gasteiger partial charge in [0.15, 0.2) is 0 Å². The fourth-order valence-electron chi connectivity index (χ4n) is 2.56. The molecule has 1 aromatic carbocycles. The van der Waals surface area contributed by atoms with Crippen LogP contribution in [0.2, 0.25) is 0 Å². The molecule has 0 spiro atoms. The number of aromatic hydroxyl groups is 1. The van der Waals surface area contributed by atoms with E-state index in [0.29, 0.717) is 31.5 Å². The largest absolute Gasteiger partial charge is 1.00 e. The minimum Gasteiger partial charge on any atom is -0.549 e. The SMILES string of the molecule is Cc1cc(N=C2C=C(Br)C(=O)C(Br)=C2)cc(CN(CC(=O)[O-])CC(=O)O)c1O.[Na+]. The van der Waals surface area contributed by atoms with Gasteiger partial charge in [0.1, 0.15) is 5.75 Å². The number of nitrogens with zero attached hydrogens (tertiary/aromatic N) is 2. The molecule has 8 nitrogen and oxygen atoms in total. The number of carboxylic acid groups (broad SMARTS) is 2. The van der Waals surface area contributed by atoms with E-state index in [-0.39, 0.29) is 47.6 Å². The van der Waals surface area contributed by atoms with Crippen LogP contribution in [0.4, 0.5) is 5.69 Å². The topological polar surface area (TPSA) is 130 Å². The number of aliphatic carboxylic acids is 2. The Morgan fingerprint density at radius 3 is 2.28 bits per heavy atom. The number of allylic oxidation sites excluding steroid dienone is 4. The fraction of sp³-hybridized carbons (Fsp3) is 0.222. The summed E-state index contributed by atoms with van der Waals surface area (Å²) in [6.07, 6.45) is 3.09. The minimum atomic E-state index is -1.43. The van der Waals surface area contributed by atoms with Crippen LogP contribution in [0.1, 0.15) is 11.1 Å². The zero-order valence-corrected chi connectivity index (χ0v) is 20.8. The van der Waals surface area contributed by atoms with Gasteiger partial charge in [-0.15, -0.1) is 0 Å². The maximum atomic E-state index is 11.7. The van der Waals surface area contributed by atoms with Crippen molar-refractivity contribution < 1.29 is 59.3 Å². The van der Waals surface area contributed by atoms with Crippen molar-refractivity contribution in [2.24, 2.45) is 4.99 Å². The van der Waals surface area contributed by atoms with Gasteiger partial charge in [-0.25, -0.2) is 4.99 Å². The number of rotatable bonds is 7. The molecule has 0 aromatic heterocycles. The number of carbonyl (C=O) groups excluding carboxylic acids is 2. The molecule has 29 heavy (non-hydrogen) atoms. The number of aryl methyl sites for hydroxylation is 1. The Morgan fingerprint density at radius 1 is 1.17 bits per heavy atom. The summed E-state index contributed by atoms with van der Waals surface area (Å²) < 4.78 is 0.663. The van der Waals surface area contributed by atoms with Crippen LogP contribution in [0, 0.1) is 6.92 Å². The molecular formula is C18H15Br2N2NaO6. The summed E-state index contributed by atoms with van der Waals surface area (Å²) in [5.74, 6) is -2.92. The molecule has 0 saturated heterocycles. The van der Waals surface area contributed by atoms with E-state index in [4.69, 9.17) is 5.11 Å². The Morgan fingerprint density at radius 2 is 1.76 bits per heavy atom. The molecule has 1 aromatic rings. The van der Waals surface area contributed by atoms with Crippen LogP contribution in [-0.2, 0) is 20.9 Å². The van der Waals surface area contributed by atoms with Gasteiger partial charge in [-0.2, -0.15) is 0 Å². The van der Waals surface area contributed by atoms with Crippen LogP contribution in [0.25, 0.3) is 0 Å². The molecule has 2 N–H and O–H groups in total. The molecule has 0 aliphatic heterocycles. The summed E-state index contributed by atoms with van der Waals surface area (Å²) in [4.78, 5) is 39.1. The molecule has 0 amide bonds. The van der Waals surface area contributed by atoms with E-state index in [1.54, 1.807) is 25.1 Å². The van der Waals surface area contributed by atoms with Crippen LogP contribution >= 0.6 is 31.9 Å². The first-order valence-electron chi connectivity index (χ1n) is 7.91. The first-order chi connectivity index (χ1) is 13.1. The summed E-state index contributed by atoms with van der Waals surface area (Å²) >= 11 is 6.33. The molecule has 2 rings (SSSR count). The predicted molar refractivity (Wildman–Crippen MR) is 107 cm³/mol. The average molecular weight is 538 g/mol. The average Bonchev–Trinajstić information content (AvgIpc) is 2.55. The molecule has 148 valence electrons. The molecule has 0 heterocycles. The number of benzene rings is 1. The standard InChI is InChI=1S/C18H16Br2N2O6.Na/c1-9-2-11(21-12-4-13(19)18(28)14(20)5-12)3-10(17(9)27)6-22(7-15(23)24)8-16(25)26;/h2-5,27H,6-8H2,1H3,(H,23,24)(H,25,26);/q;+1/p-1. The Balaban J connectivity index is 0.00000420. The van der Waals surface area contributed by atoms with Gasteiger partial charge in [0.05, 0.1) is 32.9 Å². The van der Waals surface area contributed by atoms with Crippen LogP contribution in [0.15, 0.2) is 38.2 Å². The first-order valence-corrected chi connectivity index (χ1v) is 9.49. The van der Waals surface area contributed by atoms with E-state index in [0.717, 1.165) is 4.90 Å². The molecule has 1 aliphatic rings. The van der Waals surface area contributed by atoms with Gasteiger partial charge in [-0.05, 0) is 68.6 Å². The number of hydrogen-bond donors (Lipinski definition) is 2. The number of hydrogen-bond acceptors (Lipinski definition) is 7. The molecule has 0 fully saturated rings. The number of aliphatic imine (C=N–C) groups is 1. The van der Waals surface area contributed by atoms with Crippen molar-refractivity contribution in [2.75, 3.05) is 13.1 Å². The summed E-state index contributed by atoms with van der Waals surface area (Å²) in [6.45, 7) is 0.392. The van der Waals surface area contributed by atoms with E-state index in [1.165, 1.54) is 6.07 Å². The summed E-state index contributed by atoms with van der Waals surface area (Å²) in [6, 6.07) is 3.14. The molecule has 0 radical (unpaired) electrons. The molecule has 0 unspecified atom stereocenters. The minimum absolute atomic E-state index is 0. The molecule has 0 atom stereocenters. The summed E-state index contributed by atoms with van der Waals surface area (Å²) in [5.41, 5.74) is 1.73. The van der Waals surface area contributed by atoms with Gasteiger partial charge in [0, 0.05) is 18.7 Å². The van der Waals surface area contributed by atoms with E-state index in [9.17, 15) is 24.6 Å². The number of phenols is 1. The molecule has 0 saturated carbocycles. The Kier molecular flexibility index (Phi) is 9.93. The van der Waals surface area contributed by atoms with E-state index in [2.05, 4.69) is 36.9 Å². The Hall–Kier alpha value is -1.30.